The van der Waals surface area contributed by atoms with Gasteiger partial charge in [-0.2, -0.15) is 0 Å². The largest absolute Gasteiger partial charge is 0.480 e. The number of amides is 1. The predicted octanol–water partition coefficient (Wildman–Crippen LogP) is 2.89. The number of aliphatic carboxylic acids is 1. The van der Waals surface area contributed by atoms with Crippen LogP contribution < -0.4 is 10.2 Å². The number of fused-ring (bicyclic) bond motifs is 1. The number of anilines is 1. The van der Waals surface area contributed by atoms with E-state index in [2.05, 4.69) is 34.0 Å². The Labute approximate surface area is 162 Å². The van der Waals surface area contributed by atoms with Crippen molar-refractivity contribution in [1.29, 1.82) is 0 Å². The lowest BCUT2D eigenvalue weighted by Gasteiger charge is -2.33. The summed E-state index contributed by atoms with van der Waals surface area (Å²) >= 11 is 1.68. The van der Waals surface area contributed by atoms with Gasteiger partial charge in [0.25, 0.3) is 0 Å². The molecule has 7 nitrogen and oxygen atoms in total. The van der Waals surface area contributed by atoms with Crippen LogP contribution in [0, 0.1) is 19.8 Å². The van der Waals surface area contributed by atoms with Crippen molar-refractivity contribution in [2.45, 2.75) is 52.5 Å². The second-order valence-electron chi connectivity index (χ2n) is 7.11. The number of aromatic nitrogens is 2. The van der Waals surface area contributed by atoms with Gasteiger partial charge in [-0.15, -0.1) is 11.3 Å². The van der Waals surface area contributed by atoms with Gasteiger partial charge in [0, 0.05) is 23.9 Å². The zero-order valence-electron chi connectivity index (χ0n) is 16.0. The average molecular weight is 391 g/mol. The SMILES string of the molecule is CCCC(NC(=O)C1CCN(c2ncnc3sc(C)c(C)c23)CC1)C(=O)O. The zero-order valence-corrected chi connectivity index (χ0v) is 16.8. The van der Waals surface area contributed by atoms with Crippen LogP contribution >= 0.6 is 11.3 Å². The smallest absolute Gasteiger partial charge is 0.326 e. The normalized spacial score (nSPS) is 16.5. The maximum absolute atomic E-state index is 12.5. The molecule has 1 fully saturated rings. The van der Waals surface area contributed by atoms with Gasteiger partial charge in [0.15, 0.2) is 0 Å². The Balaban J connectivity index is 1.67. The molecule has 1 aliphatic heterocycles. The number of thiophene rings is 1. The van der Waals surface area contributed by atoms with Gasteiger partial charge in [0.05, 0.1) is 5.39 Å². The van der Waals surface area contributed by atoms with E-state index in [1.165, 1.54) is 10.4 Å². The van der Waals surface area contributed by atoms with Crippen molar-refractivity contribution in [3.05, 3.63) is 16.8 Å². The Morgan fingerprint density at radius 3 is 2.67 bits per heavy atom. The van der Waals surface area contributed by atoms with Crippen molar-refractivity contribution in [1.82, 2.24) is 15.3 Å². The first-order valence-corrected chi connectivity index (χ1v) is 10.2. The Bertz CT molecular complexity index is 843. The predicted molar refractivity (Wildman–Crippen MR) is 106 cm³/mol. The molecule has 27 heavy (non-hydrogen) atoms. The number of hydrogen-bond acceptors (Lipinski definition) is 6. The topological polar surface area (TPSA) is 95.4 Å². The van der Waals surface area contributed by atoms with Crippen LogP contribution in [0.25, 0.3) is 10.2 Å². The first-order valence-electron chi connectivity index (χ1n) is 9.41. The van der Waals surface area contributed by atoms with Crippen molar-refractivity contribution >= 4 is 39.2 Å². The van der Waals surface area contributed by atoms with Gasteiger partial charge in [-0.05, 0) is 38.7 Å². The van der Waals surface area contributed by atoms with E-state index in [9.17, 15) is 14.7 Å². The highest BCUT2D eigenvalue weighted by molar-refractivity contribution is 7.18. The number of carbonyl (C=O) groups excluding carboxylic acids is 1. The van der Waals surface area contributed by atoms with Gasteiger partial charge in [-0.3, -0.25) is 4.79 Å². The molecule has 2 aromatic rings. The van der Waals surface area contributed by atoms with Crippen molar-refractivity contribution in [2.24, 2.45) is 5.92 Å². The monoisotopic (exact) mass is 390 g/mol. The second kappa shape index (κ2) is 8.21. The maximum Gasteiger partial charge on any atom is 0.326 e. The minimum Gasteiger partial charge on any atom is -0.480 e. The van der Waals surface area contributed by atoms with Gasteiger partial charge < -0.3 is 15.3 Å². The summed E-state index contributed by atoms with van der Waals surface area (Å²) in [4.78, 5) is 37.1. The third-order valence-corrected chi connectivity index (χ3v) is 6.42. The molecule has 1 atom stereocenters. The minimum absolute atomic E-state index is 0.147. The van der Waals surface area contributed by atoms with Gasteiger partial charge in [0.2, 0.25) is 5.91 Å². The number of carbonyl (C=O) groups is 2. The van der Waals surface area contributed by atoms with Crippen LogP contribution in [-0.2, 0) is 9.59 Å². The van der Waals surface area contributed by atoms with Crippen LogP contribution in [0.3, 0.4) is 0 Å². The third kappa shape index (κ3) is 4.05. The number of carboxylic acid groups (broad SMARTS) is 1. The van der Waals surface area contributed by atoms with Crippen LogP contribution in [-0.4, -0.2) is 46.1 Å². The second-order valence-corrected chi connectivity index (χ2v) is 8.31. The molecule has 1 amide bonds. The van der Waals surface area contributed by atoms with E-state index < -0.39 is 12.0 Å². The number of nitrogens with zero attached hydrogens (tertiary/aromatic N) is 3. The zero-order chi connectivity index (χ0) is 19.6. The Hall–Kier alpha value is -2.22. The van der Waals surface area contributed by atoms with Crippen LogP contribution in [0.2, 0.25) is 0 Å². The van der Waals surface area contributed by atoms with E-state index in [0.29, 0.717) is 19.3 Å². The summed E-state index contributed by atoms with van der Waals surface area (Å²) in [5.41, 5.74) is 1.22. The highest BCUT2D eigenvalue weighted by Gasteiger charge is 2.29. The number of nitrogens with one attached hydrogen (secondary N) is 1. The molecule has 0 aromatic carbocycles. The molecule has 8 heteroatoms. The lowest BCUT2D eigenvalue weighted by atomic mass is 9.95. The summed E-state index contributed by atoms with van der Waals surface area (Å²) in [6.07, 6.45) is 4.17. The van der Waals surface area contributed by atoms with Crippen molar-refractivity contribution < 1.29 is 14.7 Å². The van der Waals surface area contributed by atoms with E-state index in [4.69, 9.17) is 0 Å². The Kier molecular flexibility index (Phi) is 5.94. The number of carboxylic acids is 1. The van der Waals surface area contributed by atoms with Crippen LogP contribution in [0.15, 0.2) is 6.33 Å². The molecule has 2 N–H and O–H groups in total. The van der Waals surface area contributed by atoms with Gasteiger partial charge in [-0.1, -0.05) is 13.3 Å². The maximum atomic E-state index is 12.5. The van der Waals surface area contributed by atoms with Crippen molar-refractivity contribution in [3.63, 3.8) is 0 Å². The quantitative estimate of drug-likeness (QED) is 0.787. The van der Waals surface area contributed by atoms with Crippen LogP contribution in [0.1, 0.15) is 43.0 Å². The molecule has 3 heterocycles. The molecule has 0 aliphatic carbocycles. The first-order chi connectivity index (χ1) is 12.9. The van der Waals surface area contributed by atoms with Gasteiger partial charge >= 0.3 is 5.97 Å². The highest BCUT2D eigenvalue weighted by atomic mass is 32.1. The summed E-state index contributed by atoms with van der Waals surface area (Å²) in [5.74, 6) is -0.321. The molecule has 1 aliphatic rings. The summed E-state index contributed by atoms with van der Waals surface area (Å²) < 4.78 is 0. The molecule has 0 saturated carbocycles. The molecule has 1 saturated heterocycles. The summed E-state index contributed by atoms with van der Waals surface area (Å²) in [7, 11) is 0. The molecular formula is C19H26N4O3S. The molecule has 2 aromatic heterocycles. The van der Waals surface area contributed by atoms with Crippen molar-refractivity contribution in [2.75, 3.05) is 18.0 Å². The third-order valence-electron chi connectivity index (χ3n) is 5.30. The standard InChI is InChI=1S/C19H26N4O3S/c1-4-5-14(19(25)26)22-17(24)13-6-8-23(9-7-13)16-15-11(2)12(3)27-18(15)21-10-20-16/h10,13-14H,4-9H2,1-3H3,(H,22,24)(H,25,26). The van der Waals surface area contributed by atoms with Gasteiger partial charge in [0.1, 0.15) is 23.0 Å². The lowest BCUT2D eigenvalue weighted by Crippen LogP contribution is -2.46. The van der Waals surface area contributed by atoms with Crippen LogP contribution in [0.4, 0.5) is 5.82 Å². The summed E-state index contributed by atoms with van der Waals surface area (Å²) in [6.45, 7) is 7.56. The molecule has 0 spiro atoms. The van der Waals surface area contributed by atoms with E-state index in [1.807, 2.05) is 6.92 Å². The van der Waals surface area contributed by atoms with E-state index in [0.717, 1.165) is 35.5 Å². The Morgan fingerprint density at radius 2 is 2.04 bits per heavy atom. The molecule has 146 valence electrons. The number of piperidine rings is 1. The summed E-state index contributed by atoms with van der Waals surface area (Å²) in [5, 5.41) is 13.0. The lowest BCUT2D eigenvalue weighted by molar-refractivity contribution is -0.142. The molecule has 0 radical (unpaired) electrons. The number of hydrogen-bond donors (Lipinski definition) is 2. The molecule has 1 unspecified atom stereocenters. The molecular weight excluding hydrogens is 364 g/mol. The first kappa shape index (κ1) is 19.5. The molecule has 3 rings (SSSR count). The van der Waals surface area contributed by atoms with Gasteiger partial charge in [-0.25, -0.2) is 14.8 Å². The van der Waals surface area contributed by atoms with E-state index >= 15 is 0 Å². The van der Waals surface area contributed by atoms with Crippen LogP contribution in [0.5, 0.6) is 0 Å². The fraction of sp³-hybridized carbons (Fsp3) is 0.579. The fourth-order valence-electron chi connectivity index (χ4n) is 3.59. The van der Waals surface area contributed by atoms with E-state index in [1.54, 1.807) is 17.7 Å². The minimum atomic E-state index is -0.964. The average Bonchev–Trinajstić information content (AvgIpc) is 2.95. The van der Waals surface area contributed by atoms with E-state index in [-0.39, 0.29) is 11.8 Å². The van der Waals surface area contributed by atoms with Crippen molar-refractivity contribution in [3.8, 4) is 0 Å². The highest BCUT2D eigenvalue weighted by Crippen LogP contribution is 2.35. The Morgan fingerprint density at radius 1 is 1.33 bits per heavy atom. The fourth-order valence-corrected chi connectivity index (χ4v) is 4.58. The summed E-state index contributed by atoms with van der Waals surface area (Å²) in [6, 6.07) is -0.793. The molecule has 0 bridgehead atoms. The number of aryl methyl sites for hydroxylation is 2. The number of rotatable bonds is 6.